The van der Waals surface area contributed by atoms with Gasteiger partial charge in [-0.05, 0) is 55.1 Å². The number of aromatic amines is 1. The van der Waals surface area contributed by atoms with Crippen LogP contribution in [-0.4, -0.2) is 47.7 Å². The highest BCUT2D eigenvalue weighted by Gasteiger charge is 2.29. The number of hydrogen-bond donors (Lipinski definition) is 2. The van der Waals surface area contributed by atoms with Gasteiger partial charge in [-0.1, -0.05) is 28.9 Å². The number of aryl methyl sites for hydroxylation is 1. The third-order valence-corrected chi connectivity index (χ3v) is 6.40. The van der Waals surface area contributed by atoms with Gasteiger partial charge < -0.3 is 19.5 Å². The molecule has 0 aliphatic carbocycles. The number of unbranched alkanes of at least 4 members (excludes halogenated alkanes) is 1. The van der Waals surface area contributed by atoms with Crippen LogP contribution in [0.4, 0.5) is 5.69 Å². The summed E-state index contributed by atoms with van der Waals surface area (Å²) in [5, 5.41) is 24.7. The Hall–Kier alpha value is -3.67. The second-order valence-corrected chi connectivity index (χ2v) is 9.18. The number of fused-ring (bicyclic) bond motifs is 1. The molecule has 0 unspecified atom stereocenters. The minimum atomic E-state index is 0.259. The van der Waals surface area contributed by atoms with Crippen molar-refractivity contribution in [1.82, 2.24) is 20.7 Å². The Labute approximate surface area is 204 Å². The first kappa shape index (κ1) is 23.1. The lowest BCUT2D eigenvalue weighted by atomic mass is 10.0. The molecule has 3 heterocycles. The van der Waals surface area contributed by atoms with Crippen LogP contribution in [-0.2, 0) is 17.7 Å². The number of hydrogen-bond acceptors (Lipinski definition) is 7. The summed E-state index contributed by atoms with van der Waals surface area (Å²) in [5.74, 6) is 0. The molecule has 2 aromatic heterocycles. The van der Waals surface area contributed by atoms with E-state index in [0.717, 1.165) is 78.9 Å². The summed E-state index contributed by atoms with van der Waals surface area (Å²) in [6.45, 7) is 6.40. The third-order valence-electron chi connectivity index (χ3n) is 6.40. The second-order valence-electron chi connectivity index (χ2n) is 9.18. The summed E-state index contributed by atoms with van der Waals surface area (Å²) in [7, 11) is 0. The largest absolute Gasteiger partial charge is 0.375 e. The first-order chi connectivity index (χ1) is 17.2. The molecule has 0 radical (unpaired) electrons. The molecular formula is C27H30N6O2. The molecule has 1 saturated heterocycles. The van der Waals surface area contributed by atoms with Crippen LogP contribution in [0, 0.1) is 18.3 Å². The number of nitrogens with zero attached hydrogens (tertiary/aromatic N) is 4. The molecule has 5 rings (SSSR count). The summed E-state index contributed by atoms with van der Waals surface area (Å²) in [5.41, 5.74) is 7.70. The molecule has 180 valence electrons. The van der Waals surface area contributed by atoms with E-state index in [2.05, 4.69) is 68.9 Å². The second kappa shape index (κ2) is 10.7. The molecule has 35 heavy (non-hydrogen) atoms. The lowest BCUT2D eigenvalue weighted by Gasteiger charge is -2.41. The van der Waals surface area contributed by atoms with Gasteiger partial charge >= 0.3 is 0 Å². The van der Waals surface area contributed by atoms with Crippen molar-refractivity contribution in [2.75, 3.05) is 31.1 Å². The van der Waals surface area contributed by atoms with E-state index in [1.807, 2.05) is 6.20 Å². The third kappa shape index (κ3) is 5.53. The van der Waals surface area contributed by atoms with Gasteiger partial charge in [0.15, 0.2) is 0 Å². The molecule has 0 bridgehead atoms. The van der Waals surface area contributed by atoms with E-state index >= 15 is 0 Å². The van der Waals surface area contributed by atoms with Gasteiger partial charge in [-0.2, -0.15) is 10.4 Å². The van der Waals surface area contributed by atoms with Crippen molar-refractivity contribution in [2.24, 2.45) is 0 Å². The van der Waals surface area contributed by atoms with E-state index in [1.54, 1.807) is 12.5 Å². The predicted octanol–water partition coefficient (Wildman–Crippen LogP) is 4.37. The fraction of sp³-hybridized carbons (Fsp3) is 0.370. The van der Waals surface area contributed by atoms with E-state index in [0.29, 0.717) is 6.42 Å². The highest BCUT2D eigenvalue weighted by molar-refractivity contribution is 5.96. The van der Waals surface area contributed by atoms with E-state index in [-0.39, 0.29) is 6.10 Å². The van der Waals surface area contributed by atoms with Crippen LogP contribution in [0.15, 0.2) is 53.5 Å². The van der Waals surface area contributed by atoms with Crippen LogP contribution in [0.3, 0.4) is 0 Å². The van der Waals surface area contributed by atoms with Gasteiger partial charge in [0.05, 0.1) is 36.5 Å². The highest BCUT2D eigenvalue weighted by Crippen LogP contribution is 2.34. The maximum absolute atomic E-state index is 8.92. The van der Waals surface area contributed by atoms with Gasteiger partial charge in [0.1, 0.15) is 6.26 Å². The molecule has 4 aromatic rings. The Morgan fingerprint density at radius 3 is 2.86 bits per heavy atom. The highest BCUT2D eigenvalue weighted by atomic mass is 16.5. The van der Waals surface area contributed by atoms with Crippen molar-refractivity contribution in [3.63, 3.8) is 0 Å². The zero-order valence-electron chi connectivity index (χ0n) is 20.0. The number of nitrogens with one attached hydrogen (secondary N) is 2. The quantitative estimate of drug-likeness (QED) is 0.314. The number of benzene rings is 2. The summed E-state index contributed by atoms with van der Waals surface area (Å²) < 4.78 is 11.1. The van der Waals surface area contributed by atoms with Crippen LogP contribution in [0.2, 0.25) is 0 Å². The molecule has 0 atom stereocenters. The van der Waals surface area contributed by atoms with Crippen molar-refractivity contribution >= 4 is 16.6 Å². The molecule has 1 fully saturated rings. The molecule has 8 heteroatoms. The van der Waals surface area contributed by atoms with Crippen LogP contribution in [0.1, 0.15) is 29.5 Å². The van der Waals surface area contributed by atoms with E-state index in [4.69, 9.17) is 14.5 Å². The van der Waals surface area contributed by atoms with Crippen LogP contribution >= 0.6 is 0 Å². The number of H-pyrrole nitrogens is 1. The topological polar surface area (TPSA) is 103 Å². The summed E-state index contributed by atoms with van der Waals surface area (Å²) >= 11 is 0. The molecule has 2 aromatic carbocycles. The molecule has 1 aliphatic rings. The molecule has 2 N–H and O–H groups in total. The van der Waals surface area contributed by atoms with E-state index in [1.165, 1.54) is 11.1 Å². The molecule has 8 nitrogen and oxygen atoms in total. The normalized spacial score (nSPS) is 13.8. The average molecular weight is 471 g/mol. The van der Waals surface area contributed by atoms with Crippen molar-refractivity contribution in [1.29, 1.82) is 5.26 Å². The van der Waals surface area contributed by atoms with Gasteiger partial charge in [0.2, 0.25) is 0 Å². The number of ether oxygens (including phenoxy) is 1. The minimum Gasteiger partial charge on any atom is -0.375 e. The monoisotopic (exact) mass is 470 g/mol. The van der Waals surface area contributed by atoms with Crippen molar-refractivity contribution in [3.05, 3.63) is 65.7 Å². The number of anilines is 1. The van der Waals surface area contributed by atoms with E-state index < -0.39 is 0 Å². The maximum Gasteiger partial charge on any atom is 0.131 e. The Bertz CT molecular complexity index is 1300. The summed E-state index contributed by atoms with van der Waals surface area (Å²) in [6.07, 6.45) is 8.09. The van der Waals surface area contributed by atoms with Gasteiger partial charge in [-0.15, -0.1) is 0 Å². The number of nitriles is 1. The van der Waals surface area contributed by atoms with Gasteiger partial charge in [0.25, 0.3) is 0 Å². The molecule has 0 saturated carbocycles. The number of rotatable bonds is 11. The Morgan fingerprint density at radius 1 is 1.14 bits per heavy atom. The number of aromatic nitrogens is 3. The van der Waals surface area contributed by atoms with Crippen LogP contribution in [0.25, 0.3) is 22.0 Å². The minimum absolute atomic E-state index is 0.259. The van der Waals surface area contributed by atoms with Gasteiger partial charge in [-0.25, -0.2) is 0 Å². The van der Waals surface area contributed by atoms with Crippen LogP contribution < -0.4 is 10.2 Å². The summed E-state index contributed by atoms with van der Waals surface area (Å²) in [4.78, 5) is 2.34. The SMILES string of the molecule is Cc1cc(CC#N)cc(CNCCCCOC2CN(c3cc(-c4cnoc4)cc4[nH]ncc34)C2)c1. The molecule has 1 aliphatic heterocycles. The fourth-order valence-corrected chi connectivity index (χ4v) is 4.63. The van der Waals surface area contributed by atoms with Gasteiger partial charge in [-0.3, -0.25) is 5.10 Å². The maximum atomic E-state index is 8.92. The zero-order valence-corrected chi connectivity index (χ0v) is 20.0. The van der Waals surface area contributed by atoms with Gasteiger partial charge in [0, 0.05) is 42.9 Å². The van der Waals surface area contributed by atoms with E-state index in [9.17, 15) is 0 Å². The van der Waals surface area contributed by atoms with Crippen LogP contribution in [0.5, 0.6) is 0 Å². The standard InChI is InChI=1S/C27H30N6O2/c1-19-8-20(4-5-28)10-21(9-19)13-29-6-2-3-7-34-24-16-33(17-24)27-12-22(23-14-31-35-18-23)11-26-25(27)15-30-32-26/h8-12,14-15,18,24,29H,2-4,6-7,13,16-17H2,1H3,(H,30,32). The lowest BCUT2D eigenvalue weighted by Crippen LogP contribution is -2.52. The van der Waals surface area contributed by atoms with Crippen molar-refractivity contribution < 1.29 is 9.26 Å². The molecule has 0 spiro atoms. The Kier molecular flexibility index (Phi) is 7.07. The van der Waals surface area contributed by atoms with Crippen molar-refractivity contribution in [2.45, 2.75) is 38.8 Å². The first-order valence-corrected chi connectivity index (χ1v) is 12.1. The Balaban J connectivity index is 1.03. The smallest absolute Gasteiger partial charge is 0.131 e. The molecule has 0 amide bonds. The summed E-state index contributed by atoms with van der Waals surface area (Å²) in [6, 6.07) is 12.8. The zero-order chi connectivity index (χ0) is 24.0. The fourth-order valence-electron chi connectivity index (χ4n) is 4.63. The Morgan fingerprint density at radius 2 is 2.03 bits per heavy atom. The average Bonchev–Trinajstić information content (AvgIpc) is 3.51. The molecular weight excluding hydrogens is 440 g/mol. The lowest BCUT2D eigenvalue weighted by molar-refractivity contribution is 0.0324. The first-order valence-electron chi connectivity index (χ1n) is 12.1. The van der Waals surface area contributed by atoms with Crippen molar-refractivity contribution in [3.8, 4) is 17.2 Å². The predicted molar refractivity (Wildman–Crippen MR) is 135 cm³/mol.